The van der Waals surface area contributed by atoms with Gasteiger partial charge in [0.2, 0.25) is 0 Å². The maximum absolute atomic E-state index is 14.6. The van der Waals surface area contributed by atoms with Crippen molar-refractivity contribution in [3.05, 3.63) is 113 Å². The number of benzene rings is 3. The van der Waals surface area contributed by atoms with Crippen LogP contribution in [0.15, 0.2) is 73.1 Å². The summed E-state index contributed by atoms with van der Waals surface area (Å²) in [6.45, 7) is 1.90. The average molecular weight is 502 g/mol. The van der Waals surface area contributed by atoms with Gasteiger partial charge in [-0.2, -0.15) is 0 Å². The van der Waals surface area contributed by atoms with Crippen molar-refractivity contribution < 1.29 is 18.7 Å². The molecule has 0 fully saturated rings. The molecule has 4 rings (SSSR count). The summed E-state index contributed by atoms with van der Waals surface area (Å²) in [6, 6.07) is 17.9. The fraction of sp³-hybridized carbons (Fsp3) is 0.214. The molecule has 3 aromatic carbocycles. The summed E-state index contributed by atoms with van der Waals surface area (Å²) in [5.41, 5.74) is 1.48. The lowest BCUT2D eigenvalue weighted by molar-refractivity contribution is -0.0178. The summed E-state index contributed by atoms with van der Waals surface area (Å²) in [7, 11) is 1.80. The molecule has 0 saturated carbocycles. The van der Waals surface area contributed by atoms with E-state index in [0.29, 0.717) is 12.1 Å². The molecule has 0 aliphatic rings. The summed E-state index contributed by atoms with van der Waals surface area (Å²) < 4.78 is 29.4. The van der Waals surface area contributed by atoms with Crippen molar-refractivity contribution in [3.63, 3.8) is 0 Å². The topological polar surface area (TPSA) is 84.1 Å². The van der Waals surface area contributed by atoms with Crippen molar-refractivity contribution in [2.45, 2.75) is 25.6 Å². The van der Waals surface area contributed by atoms with Gasteiger partial charge in [0.1, 0.15) is 23.6 Å². The quantitative estimate of drug-likeness (QED) is 0.294. The second kappa shape index (κ2) is 11.2. The number of nitrogens with zero attached hydrogens (tertiary/aromatic N) is 5. The maximum Gasteiger partial charge on any atom is 0.159 e. The van der Waals surface area contributed by atoms with Crippen LogP contribution in [0.3, 0.4) is 0 Å². The van der Waals surface area contributed by atoms with Crippen LogP contribution in [0, 0.1) is 23.5 Å². The van der Waals surface area contributed by atoms with E-state index in [1.807, 2.05) is 41.3 Å². The van der Waals surface area contributed by atoms with Gasteiger partial charge < -0.3 is 5.11 Å². The number of halogens is 2. The number of rotatable bonds is 8. The van der Waals surface area contributed by atoms with E-state index in [-0.39, 0.29) is 24.4 Å². The number of Topliss-reactive ketones (excluding diaryl/α,β-unsaturated/α-hetero) is 1. The lowest BCUT2D eigenvalue weighted by Crippen LogP contribution is -2.43. The summed E-state index contributed by atoms with van der Waals surface area (Å²) in [6.07, 6.45) is 1.32. The highest BCUT2D eigenvalue weighted by Gasteiger charge is 2.35. The van der Waals surface area contributed by atoms with Crippen molar-refractivity contribution >= 4 is 5.78 Å². The number of likely N-dealkylation sites (N-methyl/N-ethyl adjacent to an activating group) is 1. The van der Waals surface area contributed by atoms with Gasteiger partial charge in [0.25, 0.3) is 0 Å². The SMILES string of the molecule is CC(=O)c1ccc(C#Cc2ccc(CN(C)CC(O)(Cn3cnnn3)c3ccc(F)cc3F)cc2)cc1. The molecular formula is C28H25F2N5O2. The van der Waals surface area contributed by atoms with Gasteiger partial charge in [-0.15, -0.1) is 5.10 Å². The zero-order valence-corrected chi connectivity index (χ0v) is 20.4. The summed E-state index contributed by atoms with van der Waals surface area (Å²) >= 11 is 0. The molecule has 1 N–H and O–H groups in total. The standard InChI is InChI=1S/C28H25F2N5O2/c1-20(36)24-11-9-22(10-12-24)4-3-21-5-7-23(8-6-21)16-34(2)17-28(37,18-35-19-31-32-33-35)26-14-13-25(29)15-27(26)30/h5-15,19,37H,16-18H2,1-2H3. The van der Waals surface area contributed by atoms with E-state index in [1.54, 1.807) is 19.2 Å². The lowest BCUT2D eigenvalue weighted by atomic mass is 9.92. The van der Waals surface area contributed by atoms with Gasteiger partial charge in [0, 0.05) is 41.4 Å². The minimum absolute atomic E-state index is 0.0108. The Hall–Kier alpha value is -4.26. The van der Waals surface area contributed by atoms with E-state index in [0.717, 1.165) is 28.8 Å². The van der Waals surface area contributed by atoms with Crippen LogP contribution in [0.1, 0.15) is 39.5 Å². The highest BCUT2D eigenvalue weighted by Crippen LogP contribution is 2.28. The van der Waals surface area contributed by atoms with Gasteiger partial charge >= 0.3 is 0 Å². The Morgan fingerprint density at radius 1 is 1.03 bits per heavy atom. The molecule has 0 amide bonds. The largest absolute Gasteiger partial charge is 0.382 e. The zero-order chi connectivity index (χ0) is 26.4. The second-order valence-corrected chi connectivity index (χ2v) is 8.92. The number of carbonyl (C=O) groups is 1. The third-order valence-electron chi connectivity index (χ3n) is 5.83. The lowest BCUT2D eigenvalue weighted by Gasteiger charge is -2.33. The first kappa shape index (κ1) is 25.8. The molecule has 0 radical (unpaired) electrons. The van der Waals surface area contributed by atoms with E-state index >= 15 is 0 Å². The minimum Gasteiger partial charge on any atom is -0.382 e. The Balaban J connectivity index is 1.45. The fourth-order valence-corrected chi connectivity index (χ4v) is 4.05. The Kier molecular flexibility index (Phi) is 7.82. The number of tetrazole rings is 1. The first-order chi connectivity index (χ1) is 17.7. The van der Waals surface area contributed by atoms with Crippen molar-refractivity contribution in [1.29, 1.82) is 0 Å². The molecule has 0 bridgehead atoms. The molecule has 9 heteroatoms. The van der Waals surface area contributed by atoms with Gasteiger partial charge in [-0.1, -0.05) is 42.2 Å². The van der Waals surface area contributed by atoms with Crippen molar-refractivity contribution in [3.8, 4) is 11.8 Å². The van der Waals surface area contributed by atoms with Crippen molar-refractivity contribution in [2.24, 2.45) is 0 Å². The molecule has 0 saturated heterocycles. The Morgan fingerprint density at radius 3 is 2.24 bits per heavy atom. The fourth-order valence-electron chi connectivity index (χ4n) is 4.05. The Bertz CT molecular complexity index is 1430. The van der Waals surface area contributed by atoms with Crippen molar-refractivity contribution in [1.82, 2.24) is 25.1 Å². The van der Waals surface area contributed by atoms with E-state index < -0.39 is 17.2 Å². The first-order valence-corrected chi connectivity index (χ1v) is 11.5. The van der Waals surface area contributed by atoms with Gasteiger partial charge in [0.05, 0.1) is 6.54 Å². The summed E-state index contributed by atoms with van der Waals surface area (Å²) in [4.78, 5) is 13.2. The van der Waals surface area contributed by atoms with Crippen LogP contribution in [0.2, 0.25) is 0 Å². The predicted molar refractivity (Wildman–Crippen MR) is 133 cm³/mol. The monoisotopic (exact) mass is 501 g/mol. The molecule has 1 atom stereocenters. The molecule has 1 heterocycles. The van der Waals surface area contributed by atoms with Crippen LogP contribution < -0.4 is 0 Å². The molecule has 37 heavy (non-hydrogen) atoms. The number of hydrogen-bond donors (Lipinski definition) is 1. The van der Waals surface area contributed by atoms with E-state index in [9.17, 15) is 18.7 Å². The second-order valence-electron chi connectivity index (χ2n) is 8.92. The summed E-state index contributed by atoms with van der Waals surface area (Å²) in [5.74, 6) is 4.62. The highest BCUT2D eigenvalue weighted by molar-refractivity contribution is 5.94. The average Bonchev–Trinajstić information content (AvgIpc) is 3.36. The molecule has 1 aromatic heterocycles. The van der Waals surface area contributed by atoms with Crippen LogP contribution in [0.5, 0.6) is 0 Å². The van der Waals surface area contributed by atoms with Crippen LogP contribution in [0.4, 0.5) is 8.78 Å². The minimum atomic E-state index is -1.72. The first-order valence-electron chi connectivity index (χ1n) is 11.5. The van der Waals surface area contributed by atoms with Crippen LogP contribution in [-0.4, -0.2) is 49.6 Å². The smallest absolute Gasteiger partial charge is 0.159 e. The molecule has 0 spiro atoms. The van der Waals surface area contributed by atoms with E-state index in [2.05, 4.69) is 27.4 Å². The van der Waals surface area contributed by atoms with Gasteiger partial charge in [-0.3, -0.25) is 9.69 Å². The van der Waals surface area contributed by atoms with E-state index in [1.165, 1.54) is 24.0 Å². The third-order valence-corrected chi connectivity index (χ3v) is 5.83. The van der Waals surface area contributed by atoms with Crippen LogP contribution in [0.25, 0.3) is 0 Å². The number of ketones is 1. The van der Waals surface area contributed by atoms with Gasteiger partial charge in [-0.05, 0) is 60.3 Å². The highest BCUT2D eigenvalue weighted by atomic mass is 19.1. The maximum atomic E-state index is 14.6. The number of carbonyl (C=O) groups excluding carboxylic acids is 1. The molecule has 0 aliphatic heterocycles. The predicted octanol–water partition coefficient (Wildman–Crippen LogP) is 3.57. The molecule has 1 unspecified atom stereocenters. The normalized spacial score (nSPS) is 12.6. The van der Waals surface area contributed by atoms with Crippen LogP contribution >= 0.6 is 0 Å². The number of hydrogen-bond acceptors (Lipinski definition) is 6. The number of aromatic nitrogens is 4. The molecule has 4 aromatic rings. The molecule has 0 aliphatic carbocycles. The molecular weight excluding hydrogens is 476 g/mol. The van der Waals surface area contributed by atoms with Crippen molar-refractivity contribution in [2.75, 3.05) is 13.6 Å². The van der Waals surface area contributed by atoms with E-state index in [4.69, 9.17) is 0 Å². The number of aliphatic hydroxyl groups is 1. The Morgan fingerprint density at radius 2 is 1.68 bits per heavy atom. The molecule has 7 nitrogen and oxygen atoms in total. The summed E-state index contributed by atoms with van der Waals surface area (Å²) in [5, 5.41) is 22.4. The zero-order valence-electron chi connectivity index (χ0n) is 20.4. The van der Waals surface area contributed by atoms with Crippen LogP contribution in [-0.2, 0) is 18.7 Å². The Labute approximate surface area is 213 Å². The molecule has 188 valence electrons. The third kappa shape index (κ3) is 6.70. The van der Waals surface area contributed by atoms with Gasteiger partial charge in [0.15, 0.2) is 5.78 Å². The van der Waals surface area contributed by atoms with Gasteiger partial charge in [-0.25, -0.2) is 13.5 Å².